The minimum absolute atomic E-state index is 0.127. The van der Waals surface area contributed by atoms with Gasteiger partial charge in [-0.3, -0.25) is 0 Å². The molecule has 18 heavy (non-hydrogen) atoms. The van der Waals surface area contributed by atoms with E-state index in [9.17, 15) is 8.42 Å². The second-order valence-corrected chi connectivity index (χ2v) is 7.35. The minimum Gasteiger partial charge on any atom is -0.380 e. The van der Waals surface area contributed by atoms with Gasteiger partial charge in [-0.2, -0.15) is 0 Å². The highest BCUT2D eigenvalue weighted by Crippen LogP contribution is 2.20. The lowest BCUT2D eigenvalue weighted by Gasteiger charge is -2.22. The second kappa shape index (κ2) is 5.41. The Morgan fingerprint density at radius 3 is 2.67 bits per heavy atom. The van der Waals surface area contributed by atoms with Crippen molar-refractivity contribution in [3.8, 4) is 0 Å². The van der Waals surface area contributed by atoms with Crippen LogP contribution in [0.5, 0.6) is 0 Å². The molecule has 2 rings (SSSR count). The summed E-state index contributed by atoms with van der Waals surface area (Å²) in [5, 5.41) is -0.326. The van der Waals surface area contributed by atoms with Crippen LogP contribution in [0.4, 0.5) is 0 Å². The first-order chi connectivity index (χ1) is 8.49. The summed E-state index contributed by atoms with van der Waals surface area (Å²) >= 11 is 0. The van der Waals surface area contributed by atoms with E-state index in [2.05, 4.69) is 0 Å². The maximum Gasteiger partial charge on any atom is 0.159 e. The third kappa shape index (κ3) is 3.12. The van der Waals surface area contributed by atoms with E-state index in [0.717, 1.165) is 24.0 Å². The first kappa shape index (κ1) is 13.6. The molecule has 0 unspecified atom stereocenters. The van der Waals surface area contributed by atoms with Crippen LogP contribution in [0.3, 0.4) is 0 Å². The Kier molecular flexibility index (Phi) is 4.07. The number of ether oxygens (including phenoxy) is 1. The summed E-state index contributed by atoms with van der Waals surface area (Å²) in [5.74, 6) is 0.127. The average Bonchev–Trinajstić information content (AvgIpc) is 2.35. The lowest BCUT2D eigenvalue weighted by Crippen LogP contribution is -2.31. The van der Waals surface area contributed by atoms with Crippen LogP contribution in [-0.4, -0.2) is 26.9 Å². The van der Waals surface area contributed by atoms with Crippen LogP contribution in [0.25, 0.3) is 0 Å². The van der Waals surface area contributed by atoms with Crippen molar-refractivity contribution in [1.29, 1.82) is 0 Å². The molecule has 1 aromatic rings. The molecule has 1 atom stereocenters. The van der Waals surface area contributed by atoms with E-state index in [1.54, 1.807) is 0 Å². The molecular formula is C14H20O3S. The monoisotopic (exact) mass is 268 g/mol. The van der Waals surface area contributed by atoms with Crippen LogP contribution in [0.1, 0.15) is 29.5 Å². The van der Waals surface area contributed by atoms with Gasteiger partial charge in [0.15, 0.2) is 9.84 Å². The highest BCUT2D eigenvalue weighted by atomic mass is 32.2. The van der Waals surface area contributed by atoms with Gasteiger partial charge in [-0.25, -0.2) is 8.42 Å². The molecule has 1 saturated heterocycles. The molecule has 0 aromatic heterocycles. The quantitative estimate of drug-likeness (QED) is 0.845. The van der Waals surface area contributed by atoms with Crippen LogP contribution < -0.4 is 0 Å². The molecule has 0 bridgehead atoms. The molecule has 0 N–H and O–H groups in total. The molecule has 100 valence electrons. The zero-order valence-corrected chi connectivity index (χ0v) is 11.8. The summed E-state index contributed by atoms with van der Waals surface area (Å²) in [5.41, 5.74) is 3.21. The summed E-state index contributed by atoms with van der Waals surface area (Å²) < 4.78 is 29.8. The van der Waals surface area contributed by atoms with Gasteiger partial charge < -0.3 is 4.74 Å². The van der Waals surface area contributed by atoms with E-state index in [1.165, 1.54) is 5.56 Å². The van der Waals surface area contributed by atoms with Gasteiger partial charge in [0.1, 0.15) is 0 Å². The van der Waals surface area contributed by atoms with Crippen LogP contribution in [-0.2, 0) is 20.3 Å². The molecule has 1 aromatic carbocycles. The fourth-order valence-electron chi connectivity index (χ4n) is 2.24. The normalized spacial score (nSPS) is 20.9. The number of rotatable bonds is 3. The first-order valence-corrected chi connectivity index (χ1v) is 8.06. The lowest BCUT2D eigenvalue weighted by atomic mass is 10.1. The molecule has 1 aliphatic heterocycles. The third-order valence-electron chi connectivity index (χ3n) is 3.57. The Balaban J connectivity index is 2.13. The molecule has 0 amide bonds. The smallest absolute Gasteiger partial charge is 0.159 e. The zero-order valence-electron chi connectivity index (χ0n) is 11.0. The number of sulfone groups is 1. The van der Waals surface area contributed by atoms with Crippen LogP contribution in [0.2, 0.25) is 0 Å². The van der Waals surface area contributed by atoms with Crippen molar-refractivity contribution >= 4 is 9.84 Å². The van der Waals surface area contributed by atoms with Gasteiger partial charge in [0.2, 0.25) is 0 Å². The predicted molar refractivity (Wildman–Crippen MR) is 72.4 cm³/mol. The van der Waals surface area contributed by atoms with Gasteiger partial charge in [0, 0.05) is 6.61 Å². The summed E-state index contributed by atoms with van der Waals surface area (Å²) in [6.45, 7) is 5.08. The fraction of sp³-hybridized carbons (Fsp3) is 0.571. The zero-order chi connectivity index (χ0) is 13.2. The lowest BCUT2D eigenvalue weighted by molar-refractivity contribution is 0.0991. The Morgan fingerprint density at radius 1 is 1.28 bits per heavy atom. The molecule has 1 aliphatic rings. The third-order valence-corrected chi connectivity index (χ3v) is 5.69. The van der Waals surface area contributed by atoms with E-state index in [0.29, 0.717) is 13.2 Å². The Bertz CT molecular complexity index is 514. The van der Waals surface area contributed by atoms with E-state index in [1.807, 2.05) is 32.0 Å². The summed E-state index contributed by atoms with van der Waals surface area (Å²) in [7, 11) is -3.09. The van der Waals surface area contributed by atoms with Crippen molar-refractivity contribution in [2.75, 3.05) is 13.2 Å². The van der Waals surface area contributed by atoms with Gasteiger partial charge in [-0.1, -0.05) is 18.2 Å². The van der Waals surface area contributed by atoms with Gasteiger partial charge in [0.25, 0.3) is 0 Å². The molecule has 0 radical (unpaired) electrons. The topological polar surface area (TPSA) is 43.4 Å². The van der Waals surface area contributed by atoms with E-state index >= 15 is 0 Å². The number of hydrogen-bond acceptors (Lipinski definition) is 3. The van der Waals surface area contributed by atoms with Crippen molar-refractivity contribution in [1.82, 2.24) is 0 Å². The molecule has 0 saturated carbocycles. The predicted octanol–water partition coefficient (Wildman–Crippen LogP) is 2.40. The van der Waals surface area contributed by atoms with Gasteiger partial charge >= 0.3 is 0 Å². The maximum absolute atomic E-state index is 12.3. The molecule has 1 heterocycles. The molecule has 0 aliphatic carbocycles. The van der Waals surface area contributed by atoms with Crippen LogP contribution in [0, 0.1) is 13.8 Å². The van der Waals surface area contributed by atoms with Crippen molar-refractivity contribution in [3.05, 3.63) is 34.9 Å². The minimum atomic E-state index is -3.09. The van der Waals surface area contributed by atoms with Crippen molar-refractivity contribution in [3.63, 3.8) is 0 Å². The number of aryl methyl sites for hydroxylation is 2. The van der Waals surface area contributed by atoms with E-state index in [-0.39, 0.29) is 11.0 Å². The first-order valence-electron chi connectivity index (χ1n) is 6.34. The summed E-state index contributed by atoms with van der Waals surface area (Å²) in [4.78, 5) is 0. The van der Waals surface area contributed by atoms with Crippen LogP contribution >= 0.6 is 0 Å². The Labute approximate surface area is 109 Å². The van der Waals surface area contributed by atoms with E-state index in [4.69, 9.17) is 4.74 Å². The molecule has 1 fully saturated rings. The molecule has 3 nitrogen and oxygen atoms in total. The van der Waals surface area contributed by atoms with E-state index < -0.39 is 9.84 Å². The highest BCUT2D eigenvalue weighted by molar-refractivity contribution is 7.91. The van der Waals surface area contributed by atoms with Gasteiger partial charge in [0.05, 0.1) is 17.6 Å². The van der Waals surface area contributed by atoms with Crippen LogP contribution in [0.15, 0.2) is 18.2 Å². The Hall–Kier alpha value is -0.870. The van der Waals surface area contributed by atoms with Gasteiger partial charge in [-0.15, -0.1) is 0 Å². The average molecular weight is 268 g/mol. The van der Waals surface area contributed by atoms with Crippen molar-refractivity contribution in [2.45, 2.75) is 37.7 Å². The largest absolute Gasteiger partial charge is 0.380 e. The molecular weight excluding hydrogens is 248 g/mol. The second-order valence-electron chi connectivity index (χ2n) is 5.06. The van der Waals surface area contributed by atoms with Gasteiger partial charge in [-0.05, 0) is 43.4 Å². The standard InChI is InChI=1S/C14H20O3S/c1-11-5-6-13(8-12(11)2)10-18(15,16)14-4-3-7-17-9-14/h5-6,8,14H,3-4,7,9-10H2,1-2H3/t14-/m0/s1. The summed E-state index contributed by atoms with van der Waals surface area (Å²) in [6, 6.07) is 5.86. The maximum atomic E-state index is 12.3. The fourth-order valence-corrected chi connectivity index (χ4v) is 3.95. The van der Waals surface area contributed by atoms with Crippen molar-refractivity contribution in [2.24, 2.45) is 0 Å². The molecule has 0 spiro atoms. The van der Waals surface area contributed by atoms with Crippen molar-refractivity contribution < 1.29 is 13.2 Å². The SMILES string of the molecule is Cc1ccc(CS(=O)(=O)[C@H]2CCCOC2)cc1C. The number of benzene rings is 1. The molecule has 4 heteroatoms. The summed E-state index contributed by atoms with van der Waals surface area (Å²) in [6.07, 6.45) is 1.57. The highest BCUT2D eigenvalue weighted by Gasteiger charge is 2.28. The number of hydrogen-bond donors (Lipinski definition) is 0. The Morgan fingerprint density at radius 2 is 2.06 bits per heavy atom.